The van der Waals surface area contributed by atoms with E-state index < -0.39 is 0 Å². The molecule has 0 fully saturated rings. The lowest BCUT2D eigenvalue weighted by atomic mass is 10.2. The SMILES string of the molecule is COc1ccc(NC2=[NH+]CC(=O)N2Cc2ccc(F)cc2)cc1. The molecular formula is C17H17FN3O2+. The molecule has 1 heterocycles. The molecular weight excluding hydrogens is 297 g/mol. The first-order valence-electron chi connectivity index (χ1n) is 7.22. The van der Waals surface area contributed by atoms with Crippen LogP contribution in [-0.2, 0) is 11.3 Å². The van der Waals surface area contributed by atoms with Crippen LogP contribution < -0.4 is 15.0 Å². The second-order valence-corrected chi connectivity index (χ2v) is 5.16. The van der Waals surface area contributed by atoms with Gasteiger partial charge in [-0.2, -0.15) is 4.90 Å². The summed E-state index contributed by atoms with van der Waals surface area (Å²) in [6, 6.07) is 13.5. The maximum Gasteiger partial charge on any atom is 0.358 e. The summed E-state index contributed by atoms with van der Waals surface area (Å²) in [6.45, 7) is 0.615. The van der Waals surface area contributed by atoms with Gasteiger partial charge in [-0.05, 0) is 42.0 Å². The highest BCUT2D eigenvalue weighted by Crippen LogP contribution is 2.16. The summed E-state index contributed by atoms with van der Waals surface area (Å²) in [7, 11) is 1.61. The third kappa shape index (κ3) is 3.48. The Bertz CT molecular complexity index is 727. The number of amides is 1. The van der Waals surface area contributed by atoms with Crippen LogP contribution in [-0.4, -0.2) is 30.4 Å². The second-order valence-electron chi connectivity index (χ2n) is 5.16. The molecule has 118 valence electrons. The topological polar surface area (TPSA) is 55.5 Å². The molecule has 5 nitrogen and oxygen atoms in total. The van der Waals surface area contributed by atoms with Gasteiger partial charge in [-0.15, -0.1) is 0 Å². The maximum absolute atomic E-state index is 13.0. The first-order valence-corrected chi connectivity index (χ1v) is 7.22. The van der Waals surface area contributed by atoms with Crippen molar-refractivity contribution >= 4 is 17.6 Å². The Balaban J connectivity index is 1.72. The zero-order valence-corrected chi connectivity index (χ0v) is 12.7. The van der Waals surface area contributed by atoms with E-state index in [1.54, 1.807) is 24.1 Å². The molecule has 2 aromatic carbocycles. The van der Waals surface area contributed by atoms with Crippen molar-refractivity contribution in [3.63, 3.8) is 0 Å². The summed E-state index contributed by atoms with van der Waals surface area (Å²) in [6.07, 6.45) is 0. The van der Waals surface area contributed by atoms with Crippen LogP contribution in [0.3, 0.4) is 0 Å². The Hall–Kier alpha value is -2.89. The van der Waals surface area contributed by atoms with Crippen LogP contribution in [0.5, 0.6) is 5.75 Å². The predicted octanol–water partition coefficient (Wildman–Crippen LogP) is 0.725. The summed E-state index contributed by atoms with van der Waals surface area (Å²) >= 11 is 0. The zero-order valence-electron chi connectivity index (χ0n) is 12.7. The van der Waals surface area contributed by atoms with Crippen LogP contribution in [0, 0.1) is 5.82 Å². The molecule has 23 heavy (non-hydrogen) atoms. The van der Waals surface area contributed by atoms with E-state index in [2.05, 4.69) is 10.3 Å². The number of nitrogens with one attached hydrogen (secondary N) is 2. The van der Waals surface area contributed by atoms with Gasteiger partial charge in [0, 0.05) is 0 Å². The van der Waals surface area contributed by atoms with E-state index >= 15 is 0 Å². The molecule has 2 aromatic rings. The minimum atomic E-state index is -0.291. The fourth-order valence-corrected chi connectivity index (χ4v) is 2.34. The largest absolute Gasteiger partial charge is 0.497 e. The summed E-state index contributed by atoms with van der Waals surface area (Å²) in [5, 5.41) is 3.19. The number of ether oxygens (including phenoxy) is 1. The number of methoxy groups -OCH3 is 1. The van der Waals surface area contributed by atoms with Crippen molar-refractivity contribution in [2.75, 3.05) is 19.0 Å². The Kier molecular flexibility index (Phi) is 4.23. The Morgan fingerprint density at radius 1 is 1.17 bits per heavy atom. The lowest BCUT2D eigenvalue weighted by Gasteiger charge is -2.12. The molecule has 1 aliphatic heterocycles. The van der Waals surface area contributed by atoms with Gasteiger partial charge in [-0.1, -0.05) is 12.1 Å². The van der Waals surface area contributed by atoms with Crippen LogP contribution in [0.4, 0.5) is 10.1 Å². The highest BCUT2D eigenvalue weighted by atomic mass is 19.1. The average molecular weight is 314 g/mol. The first kappa shape index (κ1) is 15.0. The Morgan fingerprint density at radius 2 is 1.87 bits per heavy atom. The Morgan fingerprint density at radius 3 is 2.52 bits per heavy atom. The van der Waals surface area contributed by atoms with E-state index in [9.17, 15) is 9.18 Å². The van der Waals surface area contributed by atoms with Crippen molar-refractivity contribution in [1.82, 2.24) is 4.90 Å². The average Bonchev–Trinajstić information content (AvgIpc) is 2.91. The molecule has 0 atom stereocenters. The first-order chi connectivity index (χ1) is 11.2. The lowest BCUT2D eigenvalue weighted by Crippen LogP contribution is -2.72. The number of rotatable bonds is 4. The minimum absolute atomic E-state index is 0.0367. The van der Waals surface area contributed by atoms with Gasteiger partial charge in [-0.25, -0.2) is 9.71 Å². The Labute approximate surface area is 133 Å². The molecule has 1 amide bonds. The monoisotopic (exact) mass is 314 g/mol. The molecule has 0 aliphatic carbocycles. The van der Waals surface area contributed by atoms with Crippen molar-refractivity contribution in [3.8, 4) is 5.75 Å². The van der Waals surface area contributed by atoms with E-state index in [1.165, 1.54) is 12.1 Å². The summed E-state index contributed by atoms with van der Waals surface area (Å²) in [5.41, 5.74) is 1.70. The van der Waals surface area contributed by atoms with Gasteiger partial charge in [0.15, 0.2) is 6.54 Å². The fraction of sp³-hybridized carbons (Fsp3) is 0.176. The molecule has 0 unspecified atom stereocenters. The molecule has 6 heteroatoms. The van der Waals surface area contributed by atoms with Crippen LogP contribution in [0.2, 0.25) is 0 Å². The standard InChI is InChI=1S/C17H16FN3O2/c1-23-15-8-6-14(7-9-15)20-17-19-10-16(22)21(17)11-12-2-4-13(18)5-3-12/h2-9H,10-11H2,1H3,(H,19,20)/p+1. The maximum atomic E-state index is 13.0. The van der Waals surface area contributed by atoms with Crippen molar-refractivity contribution in [2.45, 2.75) is 6.54 Å². The van der Waals surface area contributed by atoms with E-state index in [0.29, 0.717) is 12.5 Å². The zero-order chi connectivity index (χ0) is 16.2. The third-order valence-electron chi connectivity index (χ3n) is 3.58. The number of carbonyl (C=O) groups excluding carboxylic acids is 1. The smallest absolute Gasteiger partial charge is 0.358 e. The molecule has 0 bridgehead atoms. The molecule has 0 saturated heterocycles. The van der Waals surface area contributed by atoms with E-state index in [0.717, 1.165) is 17.0 Å². The van der Waals surface area contributed by atoms with Crippen molar-refractivity contribution in [1.29, 1.82) is 0 Å². The van der Waals surface area contributed by atoms with Crippen LogP contribution >= 0.6 is 0 Å². The van der Waals surface area contributed by atoms with Gasteiger partial charge in [0.2, 0.25) is 0 Å². The predicted molar refractivity (Wildman–Crippen MR) is 84.4 cm³/mol. The normalized spacial score (nSPS) is 13.9. The number of hydrogen-bond acceptors (Lipinski definition) is 3. The third-order valence-corrected chi connectivity index (χ3v) is 3.58. The number of anilines is 1. The van der Waals surface area contributed by atoms with Gasteiger partial charge in [-0.3, -0.25) is 9.79 Å². The number of halogens is 1. The number of nitrogens with zero attached hydrogens (tertiary/aromatic N) is 1. The number of guanidine groups is 1. The number of benzene rings is 2. The molecule has 0 saturated carbocycles. The quantitative estimate of drug-likeness (QED) is 0.875. The molecule has 1 aliphatic rings. The van der Waals surface area contributed by atoms with E-state index in [1.807, 2.05) is 24.3 Å². The van der Waals surface area contributed by atoms with Crippen molar-refractivity contribution in [3.05, 3.63) is 59.9 Å². The number of carbonyl (C=O) groups is 1. The van der Waals surface area contributed by atoms with E-state index in [4.69, 9.17) is 4.74 Å². The molecule has 0 radical (unpaired) electrons. The highest BCUT2D eigenvalue weighted by Gasteiger charge is 2.32. The summed E-state index contributed by atoms with van der Waals surface area (Å²) in [5.74, 6) is 1.05. The minimum Gasteiger partial charge on any atom is -0.497 e. The molecule has 0 aromatic heterocycles. The molecule has 0 spiro atoms. The highest BCUT2D eigenvalue weighted by molar-refractivity contribution is 6.04. The number of hydrogen-bond donors (Lipinski definition) is 2. The molecule has 3 rings (SSSR count). The van der Waals surface area contributed by atoms with Crippen LogP contribution in [0.1, 0.15) is 5.56 Å². The van der Waals surface area contributed by atoms with Gasteiger partial charge >= 0.3 is 11.9 Å². The van der Waals surface area contributed by atoms with Gasteiger partial charge in [0.25, 0.3) is 0 Å². The summed E-state index contributed by atoms with van der Waals surface area (Å²) < 4.78 is 18.1. The van der Waals surface area contributed by atoms with Crippen LogP contribution in [0.25, 0.3) is 0 Å². The van der Waals surface area contributed by atoms with Crippen LogP contribution in [0.15, 0.2) is 48.5 Å². The van der Waals surface area contributed by atoms with Crippen molar-refractivity contribution in [2.24, 2.45) is 0 Å². The van der Waals surface area contributed by atoms with Crippen molar-refractivity contribution < 1.29 is 18.9 Å². The fourth-order valence-electron chi connectivity index (χ4n) is 2.34. The van der Waals surface area contributed by atoms with Gasteiger partial charge in [0.05, 0.1) is 12.8 Å². The summed E-state index contributed by atoms with van der Waals surface area (Å²) in [4.78, 5) is 16.7. The van der Waals surface area contributed by atoms with E-state index in [-0.39, 0.29) is 18.3 Å². The second kappa shape index (κ2) is 6.48. The van der Waals surface area contributed by atoms with Gasteiger partial charge in [0.1, 0.15) is 18.1 Å². The molecule has 2 N–H and O–H groups in total. The lowest BCUT2D eigenvalue weighted by molar-refractivity contribution is -0.438. The van der Waals surface area contributed by atoms with Gasteiger partial charge < -0.3 is 4.74 Å².